The van der Waals surface area contributed by atoms with Crippen LogP contribution in [0.4, 0.5) is 11.5 Å². The fraction of sp³-hybridized carbons (Fsp3) is 0.261. The molecule has 3 aromatic rings. The molecule has 9 nitrogen and oxygen atoms in total. The minimum Gasteiger partial charge on any atom is -0.497 e. The standard InChI is InChI=1S/C23H24N4O5/c1-30-13-17-21(14-7-6-8-15(11-14)31-2)22-25-23(29)18(27(22)26-17)12-20(28)24-16-9-4-5-10-19(16)32-3/h4-11,18H,12-13H2,1-3H3,(H,24,28)(H,25,29). The molecule has 1 aliphatic heterocycles. The first-order chi connectivity index (χ1) is 15.5. The number of carbonyl (C=O) groups excluding carboxylic acids is 2. The predicted octanol–water partition coefficient (Wildman–Crippen LogP) is 3.24. The molecule has 2 amide bonds. The molecule has 2 heterocycles. The van der Waals surface area contributed by atoms with Crippen molar-refractivity contribution in [3.05, 3.63) is 54.2 Å². The van der Waals surface area contributed by atoms with E-state index in [4.69, 9.17) is 14.2 Å². The summed E-state index contributed by atoms with van der Waals surface area (Å²) < 4.78 is 17.5. The van der Waals surface area contributed by atoms with Crippen LogP contribution in [-0.2, 0) is 20.9 Å². The zero-order valence-electron chi connectivity index (χ0n) is 18.0. The maximum absolute atomic E-state index is 12.7. The molecule has 1 unspecified atom stereocenters. The van der Waals surface area contributed by atoms with E-state index in [1.165, 1.54) is 7.11 Å². The van der Waals surface area contributed by atoms with Crippen LogP contribution in [0.2, 0.25) is 0 Å². The number of hydrogen-bond acceptors (Lipinski definition) is 6. The molecule has 9 heteroatoms. The molecule has 0 radical (unpaired) electrons. The van der Waals surface area contributed by atoms with E-state index in [-0.39, 0.29) is 24.8 Å². The summed E-state index contributed by atoms with van der Waals surface area (Å²) in [6.07, 6.45) is -0.0808. The summed E-state index contributed by atoms with van der Waals surface area (Å²) in [5.41, 5.74) is 2.77. The highest BCUT2D eigenvalue weighted by Gasteiger charge is 2.37. The van der Waals surface area contributed by atoms with Crippen LogP contribution in [0.15, 0.2) is 48.5 Å². The Balaban J connectivity index is 1.64. The Morgan fingerprint density at radius 1 is 1.12 bits per heavy atom. The van der Waals surface area contributed by atoms with E-state index >= 15 is 0 Å². The number of para-hydroxylation sites is 2. The van der Waals surface area contributed by atoms with E-state index in [0.717, 1.165) is 11.1 Å². The molecule has 0 bridgehead atoms. The van der Waals surface area contributed by atoms with Gasteiger partial charge in [0.25, 0.3) is 5.91 Å². The van der Waals surface area contributed by atoms with Crippen molar-refractivity contribution in [2.24, 2.45) is 0 Å². The Morgan fingerprint density at radius 3 is 2.69 bits per heavy atom. The number of methoxy groups -OCH3 is 3. The Morgan fingerprint density at radius 2 is 1.94 bits per heavy atom. The lowest BCUT2D eigenvalue weighted by atomic mass is 10.1. The SMILES string of the molecule is COCc1nn2c(c1-c1cccc(OC)c1)NC(=O)C2CC(=O)Nc1ccccc1OC. The van der Waals surface area contributed by atoms with Gasteiger partial charge in [-0.3, -0.25) is 9.59 Å². The van der Waals surface area contributed by atoms with Gasteiger partial charge in [0.1, 0.15) is 23.4 Å². The highest BCUT2D eigenvalue weighted by molar-refractivity contribution is 6.04. The van der Waals surface area contributed by atoms with Crippen molar-refractivity contribution in [2.75, 3.05) is 32.0 Å². The molecule has 1 aliphatic rings. The molecule has 4 rings (SSSR count). The minimum atomic E-state index is -0.783. The van der Waals surface area contributed by atoms with Gasteiger partial charge >= 0.3 is 0 Å². The number of aromatic nitrogens is 2. The summed E-state index contributed by atoms with van der Waals surface area (Å²) in [4.78, 5) is 25.5. The van der Waals surface area contributed by atoms with Gasteiger partial charge in [-0.2, -0.15) is 5.10 Å². The summed E-state index contributed by atoms with van der Waals surface area (Å²) in [6, 6.07) is 13.8. The second-order valence-electron chi connectivity index (χ2n) is 7.24. The average Bonchev–Trinajstić information content (AvgIpc) is 3.29. The van der Waals surface area contributed by atoms with Crippen LogP contribution in [0.1, 0.15) is 18.2 Å². The minimum absolute atomic E-state index is 0.0808. The maximum atomic E-state index is 12.7. The van der Waals surface area contributed by atoms with Gasteiger partial charge in [-0.05, 0) is 29.8 Å². The quantitative estimate of drug-likeness (QED) is 0.562. The van der Waals surface area contributed by atoms with Gasteiger partial charge in [0, 0.05) is 7.11 Å². The second-order valence-corrected chi connectivity index (χ2v) is 7.24. The first kappa shape index (κ1) is 21.4. The zero-order chi connectivity index (χ0) is 22.7. The normalized spacial score (nSPS) is 14.6. The first-order valence-corrected chi connectivity index (χ1v) is 10.0. The number of hydrogen-bond donors (Lipinski definition) is 2. The van der Waals surface area contributed by atoms with Crippen molar-refractivity contribution in [3.63, 3.8) is 0 Å². The molecule has 0 fully saturated rings. The van der Waals surface area contributed by atoms with Gasteiger partial charge in [0.15, 0.2) is 0 Å². The summed E-state index contributed by atoms with van der Waals surface area (Å²) in [6.45, 7) is 0.253. The lowest BCUT2D eigenvalue weighted by Crippen LogP contribution is -2.24. The average molecular weight is 436 g/mol. The van der Waals surface area contributed by atoms with Crippen molar-refractivity contribution in [2.45, 2.75) is 19.1 Å². The molecule has 0 saturated heterocycles. The largest absolute Gasteiger partial charge is 0.497 e. The predicted molar refractivity (Wildman–Crippen MR) is 119 cm³/mol. The fourth-order valence-electron chi connectivity index (χ4n) is 3.76. The third-order valence-corrected chi connectivity index (χ3v) is 5.22. The van der Waals surface area contributed by atoms with Gasteiger partial charge in [-0.15, -0.1) is 0 Å². The zero-order valence-corrected chi connectivity index (χ0v) is 18.0. The highest BCUT2D eigenvalue weighted by atomic mass is 16.5. The van der Waals surface area contributed by atoms with E-state index in [1.807, 2.05) is 30.3 Å². The number of rotatable bonds is 8. The molecule has 0 spiro atoms. The number of nitrogens with zero attached hydrogens (tertiary/aromatic N) is 2. The van der Waals surface area contributed by atoms with Crippen molar-refractivity contribution < 1.29 is 23.8 Å². The summed E-state index contributed by atoms with van der Waals surface area (Å²) in [7, 11) is 4.70. The molecular weight excluding hydrogens is 412 g/mol. The van der Waals surface area contributed by atoms with Crippen LogP contribution in [0.25, 0.3) is 11.1 Å². The number of fused-ring (bicyclic) bond motifs is 1. The van der Waals surface area contributed by atoms with Crippen molar-refractivity contribution >= 4 is 23.3 Å². The fourth-order valence-corrected chi connectivity index (χ4v) is 3.76. The Labute approximate surface area is 185 Å². The van der Waals surface area contributed by atoms with E-state index in [1.54, 1.807) is 37.1 Å². The first-order valence-electron chi connectivity index (χ1n) is 10.0. The Bertz CT molecular complexity index is 1160. The molecule has 0 saturated carbocycles. The summed E-state index contributed by atoms with van der Waals surface area (Å²) in [5, 5.41) is 10.3. The second kappa shape index (κ2) is 9.11. The van der Waals surface area contributed by atoms with Gasteiger partial charge in [-0.25, -0.2) is 4.68 Å². The van der Waals surface area contributed by atoms with Gasteiger partial charge in [-0.1, -0.05) is 24.3 Å². The van der Waals surface area contributed by atoms with Gasteiger partial charge in [0.2, 0.25) is 5.91 Å². The van der Waals surface area contributed by atoms with Crippen LogP contribution < -0.4 is 20.1 Å². The molecule has 1 atom stereocenters. The van der Waals surface area contributed by atoms with Gasteiger partial charge < -0.3 is 24.8 Å². The highest BCUT2D eigenvalue weighted by Crippen LogP contribution is 2.40. The van der Waals surface area contributed by atoms with E-state index in [0.29, 0.717) is 28.7 Å². The van der Waals surface area contributed by atoms with Crippen molar-refractivity contribution in [1.82, 2.24) is 9.78 Å². The van der Waals surface area contributed by atoms with Crippen LogP contribution in [0.3, 0.4) is 0 Å². The Hall–Kier alpha value is -3.85. The number of nitrogens with one attached hydrogen (secondary N) is 2. The van der Waals surface area contributed by atoms with Crippen LogP contribution in [0, 0.1) is 0 Å². The molecule has 2 aromatic carbocycles. The van der Waals surface area contributed by atoms with Crippen molar-refractivity contribution in [1.29, 1.82) is 0 Å². The third kappa shape index (κ3) is 4.02. The lowest BCUT2D eigenvalue weighted by molar-refractivity contribution is -0.123. The number of anilines is 2. The summed E-state index contributed by atoms with van der Waals surface area (Å²) in [5.74, 6) is 1.14. The molecule has 166 valence electrons. The van der Waals surface area contributed by atoms with Crippen LogP contribution >= 0.6 is 0 Å². The monoisotopic (exact) mass is 436 g/mol. The third-order valence-electron chi connectivity index (χ3n) is 5.22. The molecule has 0 aliphatic carbocycles. The van der Waals surface area contributed by atoms with E-state index in [9.17, 15) is 9.59 Å². The van der Waals surface area contributed by atoms with Crippen molar-refractivity contribution in [3.8, 4) is 22.6 Å². The van der Waals surface area contributed by atoms with Crippen LogP contribution in [0.5, 0.6) is 11.5 Å². The lowest BCUT2D eigenvalue weighted by Gasteiger charge is -2.12. The maximum Gasteiger partial charge on any atom is 0.251 e. The molecule has 1 aromatic heterocycles. The van der Waals surface area contributed by atoms with Crippen LogP contribution in [-0.4, -0.2) is 42.9 Å². The van der Waals surface area contributed by atoms with Gasteiger partial charge in [0.05, 0.1) is 44.2 Å². The smallest absolute Gasteiger partial charge is 0.251 e. The molecule has 2 N–H and O–H groups in total. The Kier molecular flexibility index (Phi) is 6.09. The molecular formula is C23H24N4O5. The number of benzene rings is 2. The summed E-state index contributed by atoms with van der Waals surface area (Å²) >= 11 is 0. The van der Waals surface area contributed by atoms with E-state index in [2.05, 4.69) is 15.7 Å². The number of amides is 2. The number of ether oxygens (including phenoxy) is 3. The topological polar surface area (TPSA) is 104 Å². The molecule has 32 heavy (non-hydrogen) atoms. The van der Waals surface area contributed by atoms with E-state index < -0.39 is 6.04 Å². The number of carbonyl (C=O) groups is 2.